The van der Waals surface area contributed by atoms with E-state index in [4.69, 9.17) is 17.3 Å². The van der Waals surface area contributed by atoms with Crippen LogP contribution in [0.2, 0.25) is 5.02 Å². The molecule has 142 valence electrons. The van der Waals surface area contributed by atoms with E-state index in [1.165, 1.54) is 0 Å². The number of primary amides is 1. The minimum absolute atomic E-state index is 0.241. The first-order valence-electron chi connectivity index (χ1n) is 8.89. The number of nitrogens with two attached hydrogens (primary N) is 1. The van der Waals surface area contributed by atoms with Crippen molar-refractivity contribution in [3.05, 3.63) is 95.0 Å². The van der Waals surface area contributed by atoms with Gasteiger partial charge >= 0.3 is 0 Å². The molecule has 4 aromatic rings. The first kappa shape index (κ1) is 18.7. The Morgan fingerprint density at radius 1 is 0.862 bits per heavy atom. The molecule has 2 amide bonds. The zero-order valence-corrected chi connectivity index (χ0v) is 16.0. The molecule has 29 heavy (non-hydrogen) atoms. The molecule has 0 saturated heterocycles. The van der Waals surface area contributed by atoms with E-state index in [1.807, 2.05) is 42.5 Å². The summed E-state index contributed by atoms with van der Waals surface area (Å²) in [4.78, 5) is 29.5. The van der Waals surface area contributed by atoms with Crippen LogP contribution in [0.25, 0.3) is 22.2 Å². The van der Waals surface area contributed by atoms with Gasteiger partial charge < -0.3 is 11.1 Å². The topological polar surface area (TPSA) is 85.1 Å². The lowest BCUT2D eigenvalue weighted by molar-refractivity contribution is 0.100. The molecule has 5 nitrogen and oxygen atoms in total. The second kappa shape index (κ2) is 7.73. The summed E-state index contributed by atoms with van der Waals surface area (Å²) in [6, 6.07) is 23.0. The zero-order chi connectivity index (χ0) is 20.4. The number of benzene rings is 3. The standard InChI is InChI=1S/C23H16ClN3O2/c24-18-10-4-1-8-15(18)21-13-17(14-7-2-5-11-19(14)26-21)23(29)27-20-12-6-3-9-16(20)22(25)28/h1-13H,(H2,25,28)(H,27,29). The number of nitrogens with one attached hydrogen (secondary N) is 1. The number of amides is 2. The molecule has 0 radical (unpaired) electrons. The van der Waals surface area contributed by atoms with Crippen molar-refractivity contribution in [2.45, 2.75) is 0 Å². The molecule has 0 unspecified atom stereocenters. The molecule has 0 aliphatic carbocycles. The number of hydrogen-bond acceptors (Lipinski definition) is 3. The number of carbonyl (C=O) groups excluding carboxylic acids is 2. The lowest BCUT2D eigenvalue weighted by Crippen LogP contribution is -2.18. The summed E-state index contributed by atoms with van der Waals surface area (Å²) in [5.41, 5.74) is 8.41. The zero-order valence-electron chi connectivity index (χ0n) is 15.2. The van der Waals surface area contributed by atoms with E-state index in [0.717, 1.165) is 5.56 Å². The molecule has 0 spiro atoms. The lowest BCUT2D eigenvalue weighted by Gasteiger charge is -2.12. The fourth-order valence-electron chi connectivity index (χ4n) is 3.17. The van der Waals surface area contributed by atoms with Crippen LogP contribution >= 0.6 is 11.6 Å². The van der Waals surface area contributed by atoms with Gasteiger partial charge in [-0.15, -0.1) is 0 Å². The number of aromatic nitrogens is 1. The van der Waals surface area contributed by atoms with E-state index < -0.39 is 5.91 Å². The van der Waals surface area contributed by atoms with Crippen molar-refractivity contribution in [2.75, 3.05) is 5.32 Å². The van der Waals surface area contributed by atoms with E-state index >= 15 is 0 Å². The molecule has 4 rings (SSSR count). The number of rotatable bonds is 4. The van der Waals surface area contributed by atoms with Crippen LogP contribution in [0.5, 0.6) is 0 Å². The summed E-state index contributed by atoms with van der Waals surface area (Å²) in [7, 11) is 0. The smallest absolute Gasteiger partial charge is 0.256 e. The number of hydrogen-bond donors (Lipinski definition) is 2. The molecule has 0 fully saturated rings. The Labute approximate surface area is 172 Å². The predicted molar refractivity (Wildman–Crippen MR) is 115 cm³/mol. The molecular weight excluding hydrogens is 386 g/mol. The number of para-hydroxylation sites is 2. The maximum Gasteiger partial charge on any atom is 0.256 e. The SMILES string of the molecule is NC(=O)c1ccccc1NC(=O)c1cc(-c2ccccc2Cl)nc2ccccc12. The molecule has 0 atom stereocenters. The Kier molecular flexibility index (Phi) is 4.97. The van der Waals surface area contributed by atoms with Crippen molar-refractivity contribution in [1.82, 2.24) is 4.98 Å². The van der Waals surface area contributed by atoms with Crippen LogP contribution < -0.4 is 11.1 Å². The van der Waals surface area contributed by atoms with Gasteiger partial charge in [-0.25, -0.2) is 4.98 Å². The second-order valence-electron chi connectivity index (χ2n) is 6.42. The predicted octanol–water partition coefficient (Wildman–Crippen LogP) is 4.91. The number of fused-ring (bicyclic) bond motifs is 1. The molecule has 3 N–H and O–H groups in total. The monoisotopic (exact) mass is 401 g/mol. The highest BCUT2D eigenvalue weighted by atomic mass is 35.5. The molecule has 0 aliphatic rings. The molecule has 1 aromatic heterocycles. The lowest BCUT2D eigenvalue weighted by atomic mass is 10.0. The van der Waals surface area contributed by atoms with Crippen LogP contribution in [0, 0.1) is 0 Å². The summed E-state index contributed by atoms with van der Waals surface area (Å²) in [5.74, 6) is -0.983. The number of carbonyl (C=O) groups is 2. The third kappa shape index (κ3) is 3.68. The van der Waals surface area contributed by atoms with Crippen molar-refractivity contribution in [1.29, 1.82) is 0 Å². The van der Waals surface area contributed by atoms with Crippen LogP contribution in [0.4, 0.5) is 5.69 Å². The number of nitrogens with zero attached hydrogens (tertiary/aromatic N) is 1. The Bertz CT molecular complexity index is 1250. The van der Waals surface area contributed by atoms with Crippen LogP contribution in [0.15, 0.2) is 78.9 Å². The maximum atomic E-state index is 13.1. The van der Waals surface area contributed by atoms with Gasteiger partial charge in [-0.3, -0.25) is 9.59 Å². The first-order chi connectivity index (χ1) is 14.0. The fraction of sp³-hybridized carbons (Fsp3) is 0. The molecule has 0 bridgehead atoms. The van der Waals surface area contributed by atoms with E-state index in [9.17, 15) is 9.59 Å². The number of anilines is 1. The average molecular weight is 402 g/mol. The number of pyridine rings is 1. The number of halogens is 1. The first-order valence-corrected chi connectivity index (χ1v) is 9.27. The van der Waals surface area contributed by atoms with Gasteiger partial charge in [0, 0.05) is 16.0 Å². The third-order valence-corrected chi connectivity index (χ3v) is 4.88. The van der Waals surface area contributed by atoms with E-state index in [1.54, 1.807) is 36.4 Å². The van der Waals surface area contributed by atoms with Crippen molar-refractivity contribution in [2.24, 2.45) is 5.73 Å². The van der Waals surface area contributed by atoms with Crippen LogP contribution in [-0.2, 0) is 0 Å². The molecular formula is C23H16ClN3O2. The Hall–Kier alpha value is -3.70. The molecule has 0 saturated carbocycles. The largest absolute Gasteiger partial charge is 0.366 e. The molecule has 6 heteroatoms. The Morgan fingerprint density at radius 2 is 1.55 bits per heavy atom. The van der Waals surface area contributed by atoms with E-state index in [2.05, 4.69) is 10.3 Å². The minimum Gasteiger partial charge on any atom is -0.366 e. The summed E-state index contributed by atoms with van der Waals surface area (Å²) in [6.07, 6.45) is 0. The summed E-state index contributed by atoms with van der Waals surface area (Å²) in [5, 5.41) is 4.03. The Balaban J connectivity index is 1.84. The van der Waals surface area contributed by atoms with Crippen LogP contribution in [0.1, 0.15) is 20.7 Å². The maximum absolute atomic E-state index is 13.1. The quantitative estimate of drug-likeness (QED) is 0.509. The van der Waals surface area contributed by atoms with Gasteiger partial charge in [-0.05, 0) is 30.3 Å². The van der Waals surface area contributed by atoms with Gasteiger partial charge in [0.15, 0.2) is 0 Å². The normalized spacial score (nSPS) is 10.7. The van der Waals surface area contributed by atoms with Gasteiger partial charge in [0.25, 0.3) is 11.8 Å². The van der Waals surface area contributed by atoms with Crippen molar-refractivity contribution >= 4 is 40.0 Å². The van der Waals surface area contributed by atoms with Crippen molar-refractivity contribution < 1.29 is 9.59 Å². The highest BCUT2D eigenvalue weighted by Crippen LogP contribution is 2.30. The summed E-state index contributed by atoms with van der Waals surface area (Å²) >= 11 is 6.34. The van der Waals surface area contributed by atoms with Gasteiger partial charge in [0.1, 0.15) is 0 Å². The van der Waals surface area contributed by atoms with Gasteiger partial charge in [-0.1, -0.05) is 60.1 Å². The third-order valence-electron chi connectivity index (χ3n) is 4.55. The average Bonchev–Trinajstić information content (AvgIpc) is 2.73. The summed E-state index contributed by atoms with van der Waals surface area (Å²) in [6.45, 7) is 0. The highest BCUT2D eigenvalue weighted by molar-refractivity contribution is 6.33. The molecule has 0 aliphatic heterocycles. The highest BCUT2D eigenvalue weighted by Gasteiger charge is 2.17. The van der Waals surface area contributed by atoms with Gasteiger partial charge in [0.05, 0.1) is 28.0 Å². The molecule has 3 aromatic carbocycles. The second-order valence-corrected chi connectivity index (χ2v) is 6.82. The van der Waals surface area contributed by atoms with Crippen LogP contribution in [-0.4, -0.2) is 16.8 Å². The summed E-state index contributed by atoms with van der Waals surface area (Å²) < 4.78 is 0. The van der Waals surface area contributed by atoms with Gasteiger partial charge in [-0.2, -0.15) is 0 Å². The van der Waals surface area contributed by atoms with Crippen molar-refractivity contribution in [3.8, 4) is 11.3 Å². The van der Waals surface area contributed by atoms with Gasteiger partial charge in [0.2, 0.25) is 0 Å². The van der Waals surface area contributed by atoms with Crippen molar-refractivity contribution in [3.63, 3.8) is 0 Å². The van der Waals surface area contributed by atoms with E-state index in [-0.39, 0.29) is 11.5 Å². The molecule has 1 heterocycles. The Morgan fingerprint density at radius 3 is 2.34 bits per heavy atom. The van der Waals surface area contributed by atoms with E-state index in [0.29, 0.717) is 32.9 Å². The fourth-order valence-corrected chi connectivity index (χ4v) is 3.40. The van der Waals surface area contributed by atoms with Crippen LogP contribution in [0.3, 0.4) is 0 Å². The minimum atomic E-state index is -0.614.